The summed E-state index contributed by atoms with van der Waals surface area (Å²) in [7, 11) is 0. The molecule has 2 unspecified atom stereocenters. The first-order valence-corrected chi connectivity index (χ1v) is 6.75. The number of benzene rings is 1. The molecule has 0 saturated carbocycles. The zero-order chi connectivity index (χ0) is 14.7. The Morgan fingerprint density at radius 3 is 2.90 bits per heavy atom. The maximum Gasteiger partial charge on any atom is 0.270 e. The number of hydrogen-bond donors (Lipinski definition) is 1. The summed E-state index contributed by atoms with van der Waals surface area (Å²) in [5.41, 5.74) is 6.86. The van der Waals surface area contributed by atoms with Gasteiger partial charge in [-0.05, 0) is 32.3 Å². The topological polar surface area (TPSA) is 96.2 Å². The Morgan fingerprint density at radius 1 is 1.55 bits per heavy atom. The molecule has 106 valence electrons. The molecule has 6 heteroatoms. The molecule has 0 amide bonds. The number of hydrogen-bond acceptors (Lipinski definition) is 5. The Hall–Kier alpha value is -2.13. The lowest BCUT2D eigenvalue weighted by molar-refractivity contribution is -0.384. The molecule has 6 nitrogen and oxygen atoms in total. The first kappa shape index (κ1) is 14.3. The maximum atomic E-state index is 10.8. The van der Waals surface area contributed by atoms with Crippen LogP contribution in [0.15, 0.2) is 18.2 Å². The fraction of sp³-hybridized carbons (Fsp3) is 0.500. The smallest absolute Gasteiger partial charge is 0.270 e. The van der Waals surface area contributed by atoms with Crippen molar-refractivity contribution in [1.29, 1.82) is 5.26 Å². The van der Waals surface area contributed by atoms with Crippen LogP contribution in [0.25, 0.3) is 0 Å². The molecule has 1 fully saturated rings. The Balaban J connectivity index is 2.45. The van der Waals surface area contributed by atoms with E-state index in [1.54, 1.807) is 6.07 Å². The summed E-state index contributed by atoms with van der Waals surface area (Å²) in [4.78, 5) is 12.5. The van der Waals surface area contributed by atoms with E-state index in [1.165, 1.54) is 12.1 Å². The van der Waals surface area contributed by atoms with Gasteiger partial charge in [-0.25, -0.2) is 0 Å². The number of nitrogens with zero attached hydrogens (tertiary/aromatic N) is 3. The van der Waals surface area contributed by atoms with Crippen molar-refractivity contribution >= 4 is 11.4 Å². The fourth-order valence-corrected chi connectivity index (χ4v) is 2.90. The minimum absolute atomic E-state index is 0.0562. The van der Waals surface area contributed by atoms with Crippen molar-refractivity contribution in [2.45, 2.75) is 38.3 Å². The zero-order valence-electron chi connectivity index (χ0n) is 11.5. The van der Waals surface area contributed by atoms with Crippen LogP contribution in [0.5, 0.6) is 0 Å². The summed E-state index contributed by atoms with van der Waals surface area (Å²) in [5, 5.41) is 20.1. The van der Waals surface area contributed by atoms with Gasteiger partial charge in [0.1, 0.15) is 6.07 Å². The summed E-state index contributed by atoms with van der Waals surface area (Å²) in [6.45, 7) is 2.62. The summed E-state index contributed by atoms with van der Waals surface area (Å²) in [5.74, 6) is 0. The molecule has 0 bridgehead atoms. The molecular formula is C14H18N4O2. The van der Waals surface area contributed by atoms with Gasteiger partial charge in [0.2, 0.25) is 0 Å². The fourth-order valence-electron chi connectivity index (χ4n) is 2.90. The molecule has 0 radical (unpaired) electrons. The van der Waals surface area contributed by atoms with E-state index in [9.17, 15) is 15.4 Å². The molecule has 1 saturated heterocycles. The van der Waals surface area contributed by atoms with Gasteiger partial charge in [-0.2, -0.15) is 5.26 Å². The Bertz CT molecular complexity index is 553. The summed E-state index contributed by atoms with van der Waals surface area (Å²) in [6, 6.07) is 6.99. The third-order valence-electron chi connectivity index (χ3n) is 3.89. The Morgan fingerprint density at radius 2 is 2.30 bits per heavy atom. The highest BCUT2D eigenvalue weighted by Crippen LogP contribution is 2.33. The van der Waals surface area contributed by atoms with E-state index in [-0.39, 0.29) is 17.8 Å². The zero-order valence-corrected chi connectivity index (χ0v) is 11.5. The third kappa shape index (κ3) is 2.58. The van der Waals surface area contributed by atoms with Gasteiger partial charge >= 0.3 is 0 Å². The highest BCUT2D eigenvalue weighted by atomic mass is 16.6. The van der Waals surface area contributed by atoms with Gasteiger partial charge in [-0.15, -0.1) is 0 Å². The van der Waals surface area contributed by atoms with E-state index in [4.69, 9.17) is 5.73 Å². The number of rotatable bonds is 3. The van der Waals surface area contributed by atoms with Crippen molar-refractivity contribution in [1.82, 2.24) is 0 Å². The van der Waals surface area contributed by atoms with E-state index in [0.29, 0.717) is 12.1 Å². The van der Waals surface area contributed by atoms with Gasteiger partial charge in [-0.3, -0.25) is 10.1 Å². The van der Waals surface area contributed by atoms with Crippen LogP contribution in [0.3, 0.4) is 0 Å². The van der Waals surface area contributed by atoms with Crippen LogP contribution in [0.4, 0.5) is 11.4 Å². The summed E-state index contributed by atoms with van der Waals surface area (Å²) in [6.07, 6.45) is 3.15. The van der Waals surface area contributed by atoms with Gasteiger partial charge in [0.05, 0.1) is 16.2 Å². The second-order valence-corrected chi connectivity index (χ2v) is 5.15. The standard InChI is InChI=1S/C14H18N4O2/c1-10-3-2-4-13(9-16)17(10)14-6-5-12(18(19)20)7-11(14)8-15/h5-7,10,13H,2-4,9,16H2,1H3. The molecule has 20 heavy (non-hydrogen) atoms. The molecule has 1 aromatic carbocycles. The quantitative estimate of drug-likeness (QED) is 0.673. The number of nitro groups is 1. The first-order chi connectivity index (χ1) is 9.58. The molecule has 0 aromatic heterocycles. The van der Waals surface area contributed by atoms with Crippen LogP contribution >= 0.6 is 0 Å². The highest BCUT2D eigenvalue weighted by Gasteiger charge is 2.29. The number of nitro benzene ring substituents is 1. The third-order valence-corrected chi connectivity index (χ3v) is 3.89. The minimum Gasteiger partial charge on any atom is -0.363 e. The van der Waals surface area contributed by atoms with E-state index in [1.807, 2.05) is 0 Å². The van der Waals surface area contributed by atoms with Crippen molar-refractivity contribution in [3.05, 3.63) is 33.9 Å². The van der Waals surface area contributed by atoms with Crippen LogP contribution in [-0.2, 0) is 0 Å². The minimum atomic E-state index is -0.481. The lowest BCUT2D eigenvalue weighted by Gasteiger charge is -2.42. The lowest BCUT2D eigenvalue weighted by atomic mass is 9.94. The van der Waals surface area contributed by atoms with Crippen LogP contribution in [0.1, 0.15) is 31.7 Å². The van der Waals surface area contributed by atoms with Gasteiger partial charge in [0.15, 0.2) is 0 Å². The van der Waals surface area contributed by atoms with Crippen LogP contribution in [-0.4, -0.2) is 23.6 Å². The highest BCUT2D eigenvalue weighted by molar-refractivity contribution is 5.64. The Labute approximate surface area is 117 Å². The normalized spacial score (nSPS) is 22.4. The number of non-ortho nitro benzene ring substituents is 1. The van der Waals surface area contributed by atoms with Crippen molar-refractivity contribution in [2.24, 2.45) is 5.73 Å². The monoisotopic (exact) mass is 274 g/mol. The van der Waals surface area contributed by atoms with E-state index >= 15 is 0 Å². The Kier molecular flexibility index (Phi) is 4.20. The van der Waals surface area contributed by atoms with Crippen molar-refractivity contribution < 1.29 is 4.92 Å². The lowest BCUT2D eigenvalue weighted by Crippen LogP contribution is -2.49. The SMILES string of the molecule is CC1CCCC(CN)N1c1ccc([N+](=O)[O-])cc1C#N. The average molecular weight is 274 g/mol. The molecule has 2 N–H and O–H groups in total. The van der Waals surface area contributed by atoms with Crippen LogP contribution in [0.2, 0.25) is 0 Å². The predicted octanol–water partition coefficient (Wildman–Crippen LogP) is 2.17. The molecule has 1 heterocycles. The number of anilines is 1. The second-order valence-electron chi connectivity index (χ2n) is 5.15. The van der Waals surface area contributed by atoms with Gasteiger partial charge in [-0.1, -0.05) is 0 Å². The van der Waals surface area contributed by atoms with Crippen molar-refractivity contribution in [2.75, 3.05) is 11.4 Å². The maximum absolute atomic E-state index is 10.8. The summed E-state index contributed by atoms with van der Waals surface area (Å²) < 4.78 is 0. The number of piperidine rings is 1. The van der Waals surface area contributed by atoms with E-state index in [2.05, 4.69) is 17.9 Å². The van der Waals surface area contributed by atoms with E-state index < -0.39 is 4.92 Å². The summed E-state index contributed by atoms with van der Waals surface area (Å²) >= 11 is 0. The molecular weight excluding hydrogens is 256 g/mol. The molecule has 1 aliphatic rings. The van der Waals surface area contributed by atoms with Crippen molar-refractivity contribution in [3.63, 3.8) is 0 Å². The number of nitriles is 1. The van der Waals surface area contributed by atoms with Crippen LogP contribution < -0.4 is 10.6 Å². The molecule has 0 spiro atoms. The van der Waals surface area contributed by atoms with Gasteiger partial charge < -0.3 is 10.6 Å². The first-order valence-electron chi connectivity index (χ1n) is 6.75. The molecule has 1 aromatic rings. The predicted molar refractivity (Wildman–Crippen MR) is 76.4 cm³/mol. The molecule has 1 aliphatic heterocycles. The second kappa shape index (κ2) is 5.88. The average Bonchev–Trinajstić information content (AvgIpc) is 2.46. The van der Waals surface area contributed by atoms with E-state index in [0.717, 1.165) is 24.9 Å². The number of nitrogens with two attached hydrogens (primary N) is 1. The molecule has 2 atom stereocenters. The van der Waals surface area contributed by atoms with Gasteiger partial charge in [0.25, 0.3) is 5.69 Å². The van der Waals surface area contributed by atoms with Crippen molar-refractivity contribution in [3.8, 4) is 6.07 Å². The van der Waals surface area contributed by atoms with Gasteiger partial charge in [0, 0.05) is 30.8 Å². The van der Waals surface area contributed by atoms with Crippen LogP contribution in [0, 0.1) is 21.4 Å². The molecule has 2 rings (SSSR count). The largest absolute Gasteiger partial charge is 0.363 e. The molecule has 0 aliphatic carbocycles.